The first-order valence-electron chi connectivity index (χ1n) is 5.83. The van der Waals surface area contributed by atoms with E-state index < -0.39 is 0 Å². The van der Waals surface area contributed by atoms with Crippen molar-refractivity contribution in [1.82, 2.24) is 10.6 Å². The largest absolute Gasteiger partial charge is 0.497 e. The Morgan fingerprint density at radius 3 is 2.67 bits per heavy atom. The summed E-state index contributed by atoms with van der Waals surface area (Å²) in [5.41, 5.74) is 1.01. The van der Waals surface area contributed by atoms with E-state index in [0.717, 1.165) is 17.1 Å². The zero-order valence-electron chi connectivity index (χ0n) is 11.1. The molecule has 0 fully saturated rings. The lowest BCUT2D eigenvalue weighted by atomic mass is 10.2. The first kappa shape index (κ1) is 14.3. The topological polar surface area (TPSA) is 59.6 Å². The molecule has 5 nitrogen and oxygen atoms in total. The third-order valence-electron chi connectivity index (χ3n) is 2.61. The number of methoxy groups -OCH3 is 2. The van der Waals surface area contributed by atoms with Gasteiger partial charge in [0.2, 0.25) is 5.91 Å². The first-order chi connectivity index (χ1) is 8.71. The summed E-state index contributed by atoms with van der Waals surface area (Å²) in [6.45, 7) is 1.26. The average molecular weight is 252 g/mol. The normalized spacial score (nSPS) is 9.94. The second-order valence-electron chi connectivity index (χ2n) is 3.78. The van der Waals surface area contributed by atoms with Crippen molar-refractivity contribution in [3.8, 4) is 11.5 Å². The van der Waals surface area contributed by atoms with E-state index in [4.69, 9.17) is 9.47 Å². The van der Waals surface area contributed by atoms with Gasteiger partial charge in [-0.15, -0.1) is 0 Å². The van der Waals surface area contributed by atoms with Crippen molar-refractivity contribution in [2.75, 3.05) is 27.8 Å². The Morgan fingerprint density at radius 2 is 2.06 bits per heavy atom. The number of ether oxygens (including phenoxy) is 2. The van der Waals surface area contributed by atoms with Gasteiger partial charge in [0.05, 0.1) is 14.2 Å². The molecule has 1 aromatic rings. The predicted molar refractivity (Wildman–Crippen MR) is 69.9 cm³/mol. The van der Waals surface area contributed by atoms with E-state index in [9.17, 15) is 4.79 Å². The van der Waals surface area contributed by atoms with Crippen LogP contribution in [0.5, 0.6) is 11.5 Å². The molecule has 0 unspecified atom stereocenters. The number of rotatable bonds is 7. The fourth-order valence-corrected chi connectivity index (χ4v) is 1.57. The Morgan fingerprint density at radius 1 is 1.28 bits per heavy atom. The number of amides is 1. The van der Waals surface area contributed by atoms with Crippen molar-refractivity contribution >= 4 is 5.91 Å². The van der Waals surface area contributed by atoms with Crippen LogP contribution in [0.1, 0.15) is 12.0 Å². The van der Waals surface area contributed by atoms with Crippen molar-refractivity contribution in [2.45, 2.75) is 13.0 Å². The van der Waals surface area contributed by atoms with Crippen molar-refractivity contribution in [2.24, 2.45) is 0 Å². The highest BCUT2D eigenvalue weighted by Crippen LogP contribution is 2.23. The van der Waals surface area contributed by atoms with Crippen LogP contribution >= 0.6 is 0 Å². The van der Waals surface area contributed by atoms with Crippen LogP contribution in [0.4, 0.5) is 0 Å². The monoisotopic (exact) mass is 252 g/mol. The van der Waals surface area contributed by atoms with Crippen LogP contribution in [0.25, 0.3) is 0 Å². The molecule has 18 heavy (non-hydrogen) atoms. The second-order valence-corrected chi connectivity index (χ2v) is 3.78. The number of carbonyl (C=O) groups excluding carboxylic acids is 1. The van der Waals surface area contributed by atoms with Crippen molar-refractivity contribution in [3.63, 3.8) is 0 Å². The Hall–Kier alpha value is -1.75. The van der Waals surface area contributed by atoms with Gasteiger partial charge >= 0.3 is 0 Å². The molecule has 0 atom stereocenters. The minimum atomic E-state index is 0.0279. The minimum Gasteiger partial charge on any atom is -0.497 e. The second kappa shape index (κ2) is 7.55. The third kappa shape index (κ3) is 4.25. The highest BCUT2D eigenvalue weighted by molar-refractivity contribution is 5.75. The van der Waals surface area contributed by atoms with Crippen LogP contribution in [0, 0.1) is 0 Å². The Labute approximate surface area is 107 Å². The molecular formula is C13H20N2O3. The van der Waals surface area contributed by atoms with Gasteiger partial charge in [-0.05, 0) is 18.2 Å². The van der Waals surface area contributed by atoms with Gasteiger partial charge in [0.1, 0.15) is 11.5 Å². The molecule has 0 radical (unpaired) electrons. The van der Waals surface area contributed by atoms with Gasteiger partial charge in [0.15, 0.2) is 0 Å². The van der Waals surface area contributed by atoms with E-state index >= 15 is 0 Å². The van der Waals surface area contributed by atoms with Crippen molar-refractivity contribution in [3.05, 3.63) is 23.8 Å². The SMILES string of the molecule is CNC(=O)CCNCc1cc(OC)ccc1OC. The van der Waals surface area contributed by atoms with Gasteiger partial charge in [-0.2, -0.15) is 0 Å². The summed E-state index contributed by atoms with van der Waals surface area (Å²) in [7, 11) is 4.90. The van der Waals surface area contributed by atoms with Gasteiger partial charge < -0.3 is 20.1 Å². The molecular weight excluding hydrogens is 232 g/mol. The van der Waals surface area contributed by atoms with Crippen LogP contribution < -0.4 is 20.1 Å². The lowest BCUT2D eigenvalue weighted by Gasteiger charge is -2.11. The molecule has 0 spiro atoms. The molecule has 100 valence electrons. The van der Waals surface area contributed by atoms with E-state index in [0.29, 0.717) is 19.5 Å². The summed E-state index contributed by atoms with van der Waals surface area (Å²) in [6, 6.07) is 5.65. The number of carbonyl (C=O) groups is 1. The van der Waals surface area contributed by atoms with Gasteiger partial charge in [-0.1, -0.05) is 0 Å². The third-order valence-corrected chi connectivity index (χ3v) is 2.61. The van der Waals surface area contributed by atoms with E-state index in [2.05, 4.69) is 10.6 Å². The quantitative estimate of drug-likeness (QED) is 0.709. The maximum Gasteiger partial charge on any atom is 0.221 e. The lowest BCUT2D eigenvalue weighted by molar-refractivity contribution is -0.120. The molecule has 0 saturated heterocycles. The van der Waals surface area contributed by atoms with E-state index in [1.165, 1.54) is 0 Å². The fourth-order valence-electron chi connectivity index (χ4n) is 1.57. The molecule has 0 aliphatic carbocycles. The number of nitrogens with one attached hydrogen (secondary N) is 2. The highest BCUT2D eigenvalue weighted by Gasteiger charge is 2.05. The Balaban J connectivity index is 2.52. The first-order valence-corrected chi connectivity index (χ1v) is 5.83. The molecule has 0 heterocycles. The molecule has 1 aromatic carbocycles. The summed E-state index contributed by atoms with van der Waals surface area (Å²) < 4.78 is 10.4. The predicted octanol–water partition coefficient (Wildman–Crippen LogP) is 0.929. The smallest absolute Gasteiger partial charge is 0.221 e. The molecule has 1 amide bonds. The molecule has 2 N–H and O–H groups in total. The van der Waals surface area contributed by atoms with Gasteiger partial charge in [-0.3, -0.25) is 4.79 Å². The van der Waals surface area contributed by atoms with Gasteiger partial charge in [-0.25, -0.2) is 0 Å². The van der Waals surface area contributed by atoms with Crippen LogP contribution in [-0.4, -0.2) is 33.7 Å². The summed E-state index contributed by atoms with van der Waals surface area (Å²) in [6.07, 6.45) is 0.461. The maximum atomic E-state index is 11.1. The summed E-state index contributed by atoms with van der Waals surface area (Å²) in [4.78, 5) is 11.1. The maximum absolute atomic E-state index is 11.1. The van der Waals surface area contributed by atoms with Crippen molar-refractivity contribution in [1.29, 1.82) is 0 Å². The molecule has 0 aromatic heterocycles. The molecule has 0 saturated carbocycles. The highest BCUT2D eigenvalue weighted by atomic mass is 16.5. The zero-order valence-corrected chi connectivity index (χ0v) is 11.1. The van der Waals surface area contributed by atoms with Gasteiger partial charge in [0.25, 0.3) is 0 Å². The van der Waals surface area contributed by atoms with Crippen LogP contribution in [0.15, 0.2) is 18.2 Å². The van der Waals surface area contributed by atoms with E-state index in [1.54, 1.807) is 21.3 Å². The summed E-state index contributed by atoms with van der Waals surface area (Å²) in [5, 5.41) is 5.78. The number of hydrogen-bond donors (Lipinski definition) is 2. The van der Waals surface area contributed by atoms with E-state index in [-0.39, 0.29) is 5.91 Å². The fraction of sp³-hybridized carbons (Fsp3) is 0.462. The lowest BCUT2D eigenvalue weighted by Crippen LogP contribution is -2.24. The Bertz CT molecular complexity index is 394. The minimum absolute atomic E-state index is 0.0279. The molecule has 0 aliphatic heterocycles. The molecule has 0 bridgehead atoms. The molecule has 5 heteroatoms. The van der Waals surface area contributed by atoms with Crippen LogP contribution in [-0.2, 0) is 11.3 Å². The molecule has 0 aliphatic rings. The summed E-state index contributed by atoms with van der Waals surface area (Å²) in [5.74, 6) is 1.63. The van der Waals surface area contributed by atoms with Gasteiger partial charge in [0, 0.05) is 32.1 Å². The summed E-state index contributed by atoms with van der Waals surface area (Å²) >= 11 is 0. The Kier molecular flexibility index (Phi) is 6.00. The van der Waals surface area contributed by atoms with Crippen LogP contribution in [0.3, 0.4) is 0 Å². The average Bonchev–Trinajstić information content (AvgIpc) is 2.42. The van der Waals surface area contributed by atoms with E-state index in [1.807, 2.05) is 18.2 Å². The van der Waals surface area contributed by atoms with Crippen LogP contribution in [0.2, 0.25) is 0 Å². The van der Waals surface area contributed by atoms with Crippen molar-refractivity contribution < 1.29 is 14.3 Å². The zero-order chi connectivity index (χ0) is 13.4. The standard InChI is InChI=1S/C13H20N2O3/c1-14-13(16)6-7-15-9-10-8-11(17-2)4-5-12(10)18-3/h4-5,8,15H,6-7,9H2,1-3H3,(H,14,16). The number of hydrogen-bond acceptors (Lipinski definition) is 4. The molecule has 1 rings (SSSR count). The number of benzene rings is 1.